The van der Waals surface area contributed by atoms with Crippen molar-refractivity contribution in [3.63, 3.8) is 0 Å². The summed E-state index contributed by atoms with van der Waals surface area (Å²) < 4.78 is 5.30. The largest absolute Gasteiger partial charge is 0.390 e. The number of aryl methyl sites for hydroxylation is 1. The quantitative estimate of drug-likeness (QED) is 0.811. The maximum absolute atomic E-state index is 9.96. The minimum Gasteiger partial charge on any atom is -0.390 e. The maximum Gasteiger partial charge on any atom is 0.0853 e. The van der Waals surface area contributed by atoms with Gasteiger partial charge >= 0.3 is 0 Å². The first kappa shape index (κ1) is 12.7. The predicted octanol–water partition coefficient (Wildman–Crippen LogP) is 2.71. The van der Waals surface area contributed by atoms with E-state index >= 15 is 0 Å². The van der Waals surface area contributed by atoms with E-state index in [1.165, 1.54) is 5.56 Å². The molecule has 2 nitrogen and oxygen atoms in total. The molecule has 1 aromatic heterocycles. The molecule has 15 heavy (non-hydrogen) atoms. The lowest BCUT2D eigenvalue weighted by molar-refractivity contribution is -0.0404. The molecule has 0 aliphatic carbocycles. The number of methoxy groups -OCH3 is 1. The molecule has 0 bridgehead atoms. The fourth-order valence-corrected chi connectivity index (χ4v) is 2.49. The summed E-state index contributed by atoms with van der Waals surface area (Å²) in [7, 11) is 1.67. The fourth-order valence-electron chi connectivity index (χ4n) is 1.79. The van der Waals surface area contributed by atoms with E-state index in [-0.39, 0.29) is 12.2 Å². The molecule has 1 N–H and O–H groups in total. The van der Waals surface area contributed by atoms with Crippen molar-refractivity contribution < 1.29 is 9.84 Å². The Hall–Kier alpha value is -0.380. The number of hydrogen-bond donors (Lipinski definition) is 1. The van der Waals surface area contributed by atoms with E-state index < -0.39 is 0 Å². The van der Waals surface area contributed by atoms with Gasteiger partial charge in [-0.15, -0.1) is 0 Å². The van der Waals surface area contributed by atoms with E-state index in [0.717, 1.165) is 12.8 Å². The van der Waals surface area contributed by atoms with Gasteiger partial charge in [-0.2, -0.15) is 11.3 Å². The molecule has 0 saturated carbocycles. The van der Waals surface area contributed by atoms with Crippen LogP contribution in [-0.2, 0) is 11.2 Å². The van der Waals surface area contributed by atoms with Crippen LogP contribution in [0.5, 0.6) is 0 Å². The lowest BCUT2D eigenvalue weighted by Crippen LogP contribution is -2.33. The van der Waals surface area contributed by atoms with Crippen molar-refractivity contribution in [2.75, 3.05) is 7.11 Å². The van der Waals surface area contributed by atoms with Crippen LogP contribution in [0.15, 0.2) is 16.8 Å². The molecule has 0 aliphatic heterocycles. The van der Waals surface area contributed by atoms with Crippen LogP contribution in [0.4, 0.5) is 0 Å². The first-order chi connectivity index (χ1) is 7.15. The van der Waals surface area contributed by atoms with Crippen LogP contribution in [-0.4, -0.2) is 24.4 Å². The number of thiophene rings is 1. The molecule has 0 spiro atoms. The molecule has 0 aliphatic rings. The SMILES string of the molecule is COC(C(C)C)C(O)CCc1ccsc1. The maximum atomic E-state index is 9.96. The third-order valence-corrected chi connectivity index (χ3v) is 3.35. The Labute approximate surface area is 95.9 Å². The third-order valence-electron chi connectivity index (χ3n) is 2.62. The highest BCUT2D eigenvalue weighted by Gasteiger charge is 2.21. The van der Waals surface area contributed by atoms with Crippen molar-refractivity contribution in [2.45, 2.75) is 38.9 Å². The van der Waals surface area contributed by atoms with Gasteiger partial charge in [0.2, 0.25) is 0 Å². The molecular formula is C12H20O2S. The van der Waals surface area contributed by atoms with Gasteiger partial charge in [-0.25, -0.2) is 0 Å². The Morgan fingerprint density at radius 1 is 1.47 bits per heavy atom. The smallest absolute Gasteiger partial charge is 0.0853 e. The van der Waals surface area contributed by atoms with Crippen molar-refractivity contribution >= 4 is 11.3 Å². The van der Waals surface area contributed by atoms with Crippen molar-refractivity contribution in [3.05, 3.63) is 22.4 Å². The first-order valence-corrected chi connectivity index (χ1v) is 6.31. The van der Waals surface area contributed by atoms with Crippen LogP contribution >= 0.6 is 11.3 Å². The summed E-state index contributed by atoms with van der Waals surface area (Å²) in [5.41, 5.74) is 1.30. The summed E-state index contributed by atoms with van der Waals surface area (Å²) >= 11 is 1.70. The van der Waals surface area contributed by atoms with Gasteiger partial charge in [0.05, 0.1) is 12.2 Å². The highest BCUT2D eigenvalue weighted by molar-refractivity contribution is 7.07. The van der Waals surface area contributed by atoms with E-state index in [4.69, 9.17) is 4.74 Å². The van der Waals surface area contributed by atoms with E-state index in [2.05, 4.69) is 30.7 Å². The number of rotatable bonds is 6. The molecule has 86 valence electrons. The molecule has 2 unspecified atom stereocenters. The third kappa shape index (κ3) is 3.93. The van der Waals surface area contributed by atoms with Crippen LogP contribution in [0.2, 0.25) is 0 Å². The van der Waals surface area contributed by atoms with Crippen LogP contribution in [0.1, 0.15) is 25.8 Å². The summed E-state index contributed by atoms with van der Waals surface area (Å²) in [6, 6.07) is 2.11. The molecule has 2 atom stereocenters. The molecule has 1 heterocycles. The van der Waals surface area contributed by atoms with Gasteiger partial charge in [0.25, 0.3) is 0 Å². The van der Waals surface area contributed by atoms with Crippen LogP contribution in [0, 0.1) is 5.92 Å². The van der Waals surface area contributed by atoms with E-state index in [0.29, 0.717) is 5.92 Å². The van der Waals surface area contributed by atoms with Gasteiger partial charge < -0.3 is 9.84 Å². The molecule has 0 fully saturated rings. The Morgan fingerprint density at radius 3 is 2.67 bits per heavy atom. The topological polar surface area (TPSA) is 29.5 Å². The Morgan fingerprint density at radius 2 is 2.20 bits per heavy atom. The second kappa shape index (κ2) is 6.26. The average Bonchev–Trinajstić information content (AvgIpc) is 2.67. The molecule has 0 amide bonds. The molecule has 0 radical (unpaired) electrons. The Kier molecular flexibility index (Phi) is 5.29. The normalized spacial score (nSPS) is 15.5. The zero-order valence-corrected chi connectivity index (χ0v) is 10.5. The zero-order valence-electron chi connectivity index (χ0n) is 9.64. The molecule has 0 aromatic carbocycles. The second-order valence-corrected chi connectivity index (χ2v) is 4.96. The number of aliphatic hydroxyl groups excluding tert-OH is 1. The van der Waals surface area contributed by atoms with Gasteiger partial charge in [0, 0.05) is 7.11 Å². The molecular weight excluding hydrogens is 208 g/mol. The molecule has 1 rings (SSSR count). The molecule has 3 heteroatoms. The minimum absolute atomic E-state index is 0.0522. The predicted molar refractivity (Wildman–Crippen MR) is 64.3 cm³/mol. The number of ether oxygens (including phenoxy) is 1. The van der Waals surface area contributed by atoms with Gasteiger partial charge in [0.15, 0.2) is 0 Å². The summed E-state index contributed by atoms with van der Waals surface area (Å²) in [5, 5.41) is 14.2. The average molecular weight is 228 g/mol. The summed E-state index contributed by atoms with van der Waals surface area (Å²) in [6.07, 6.45) is 1.28. The highest BCUT2D eigenvalue weighted by Crippen LogP contribution is 2.16. The van der Waals surface area contributed by atoms with Crippen molar-refractivity contribution in [2.24, 2.45) is 5.92 Å². The van der Waals surface area contributed by atoms with Crippen molar-refractivity contribution in [1.82, 2.24) is 0 Å². The van der Waals surface area contributed by atoms with Crippen LogP contribution in [0.3, 0.4) is 0 Å². The van der Waals surface area contributed by atoms with Crippen LogP contribution < -0.4 is 0 Å². The molecule has 1 aromatic rings. The minimum atomic E-state index is -0.366. The number of hydrogen-bond acceptors (Lipinski definition) is 3. The van der Waals surface area contributed by atoms with Crippen molar-refractivity contribution in [3.8, 4) is 0 Å². The van der Waals surface area contributed by atoms with Gasteiger partial charge in [-0.1, -0.05) is 13.8 Å². The van der Waals surface area contributed by atoms with Crippen molar-refractivity contribution in [1.29, 1.82) is 0 Å². The lowest BCUT2D eigenvalue weighted by Gasteiger charge is -2.24. The first-order valence-electron chi connectivity index (χ1n) is 5.37. The second-order valence-electron chi connectivity index (χ2n) is 4.18. The van der Waals surface area contributed by atoms with Gasteiger partial charge in [-0.05, 0) is 41.1 Å². The highest BCUT2D eigenvalue weighted by atomic mass is 32.1. The fraction of sp³-hybridized carbons (Fsp3) is 0.667. The zero-order chi connectivity index (χ0) is 11.3. The Balaban J connectivity index is 2.37. The van der Waals surface area contributed by atoms with E-state index in [1.807, 2.05) is 0 Å². The number of aliphatic hydroxyl groups is 1. The summed E-state index contributed by atoms with van der Waals surface area (Å²) in [4.78, 5) is 0. The molecule has 0 saturated heterocycles. The lowest BCUT2D eigenvalue weighted by atomic mass is 9.97. The van der Waals surface area contributed by atoms with E-state index in [1.54, 1.807) is 18.4 Å². The van der Waals surface area contributed by atoms with Gasteiger partial charge in [0.1, 0.15) is 0 Å². The summed E-state index contributed by atoms with van der Waals surface area (Å²) in [5.74, 6) is 0.354. The standard InChI is InChI=1S/C12H20O2S/c1-9(2)12(14-3)11(13)5-4-10-6-7-15-8-10/h6-9,11-13H,4-5H2,1-3H3. The van der Waals surface area contributed by atoms with E-state index in [9.17, 15) is 5.11 Å². The monoisotopic (exact) mass is 228 g/mol. The van der Waals surface area contributed by atoms with Gasteiger partial charge in [-0.3, -0.25) is 0 Å². The summed E-state index contributed by atoms with van der Waals surface area (Å²) in [6.45, 7) is 4.14. The van der Waals surface area contributed by atoms with Crippen LogP contribution in [0.25, 0.3) is 0 Å². The Bertz CT molecular complexity index is 257.